The predicted molar refractivity (Wildman–Crippen MR) is 183 cm³/mol. The Morgan fingerprint density at radius 3 is 2.36 bits per heavy atom. The largest absolute Gasteiger partial charge is 0.467 e. The minimum atomic E-state index is -0.708. The molecule has 5 nitrogen and oxygen atoms in total. The Hall–Kier alpha value is -2.40. The summed E-state index contributed by atoms with van der Waals surface area (Å²) >= 11 is 0. The summed E-state index contributed by atoms with van der Waals surface area (Å²) in [6, 6.07) is 9.06. The van der Waals surface area contributed by atoms with E-state index in [0.717, 1.165) is 63.4 Å². The number of hydrogen-bond donors (Lipinski definition) is 2. The van der Waals surface area contributed by atoms with Gasteiger partial charge in [-0.1, -0.05) is 74.9 Å². The van der Waals surface area contributed by atoms with E-state index in [4.69, 9.17) is 4.74 Å². The van der Waals surface area contributed by atoms with Crippen LogP contribution in [0.15, 0.2) is 54.1 Å². The molecule has 0 aromatic heterocycles. The molecule has 0 radical (unpaired) electrons. The predicted octanol–water partition coefficient (Wildman–Crippen LogP) is 8.61. The lowest BCUT2D eigenvalue weighted by atomic mass is 9.38. The SMILES string of the molecule is C=C(C)[C@@H]1CC[C@]2(C)[C@H](CC[C@@H]3[C@@H]([C@@](C)(O)CCC=C(C)C)CC[C@]32C)[C@@]1(C)CCC(=O)N[C@@H](Cc1ccccc1)C(=O)OC. The molecule has 1 aromatic rings. The Labute approximate surface area is 273 Å². The fourth-order valence-corrected chi connectivity index (χ4v) is 10.7. The molecule has 9 atom stereocenters. The van der Waals surface area contributed by atoms with Gasteiger partial charge in [-0.2, -0.15) is 0 Å². The number of nitrogens with one attached hydrogen (secondary N) is 1. The van der Waals surface area contributed by atoms with Gasteiger partial charge >= 0.3 is 5.97 Å². The molecule has 0 aliphatic heterocycles. The molecule has 5 heteroatoms. The highest BCUT2D eigenvalue weighted by Gasteiger charge is 2.67. The molecule has 2 N–H and O–H groups in total. The third-order valence-electron chi connectivity index (χ3n) is 13.3. The number of benzene rings is 1. The molecule has 1 aromatic carbocycles. The van der Waals surface area contributed by atoms with Crippen LogP contribution in [0.4, 0.5) is 0 Å². The second-order valence-corrected chi connectivity index (χ2v) is 16.2. The van der Waals surface area contributed by atoms with Crippen molar-refractivity contribution in [1.29, 1.82) is 0 Å². The van der Waals surface area contributed by atoms with Crippen molar-refractivity contribution in [2.75, 3.05) is 7.11 Å². The van der Waals surface area contributed by atoms with Gasteiger partial charge in [0.05, 0.1) is 12.7 Å². The molecular formula is C40H61NO4. The zero-order valence-corrected chi connectivity index (χ0v) is 29.5. The van der Waals surface area contributed by atoms with Crippen molar-refractivity contribution >= 4 is 11.9 Å². The number of carbonyl (C=O) groups excluding carboxylic acids is 2. The molecule has 4 rings (SSSR count). The minimum absolute atomic E-state index is 0.0750. The number of aliphatic hydroxyl groups is 1. The van der Waals surface area contributed by atoms with Crippen molar-refractivity contribution in [1.82, 2.24) is 5.32 Å². The van der Waals surface area contributed by atoms with Crippen LogP contribution in [0.2, 0.25) is 0 Å². The number of methoxy groups -OCH3 is 1. The average Bonchev–Trinajstić information content (AvgIpc) is 3.35. The Morgan fingerprint density at radius 1 is 1.07 bits per heavy atom. The zero-order chi connectivity index (χ0) is 33.2. The van der Waals surface area contributed by atoms with Crippen molar-refractivity contribution < 1.29 is 19.4 Å². The maximum absolute atomic E-state index is 13.5. The van der Waals surface area contributed by atoms with Crippen LogP contribution in [0.25, 0.3) is 0 Å². The van der Waals surface area contributed by atoms with Crippen molar-refractivity contribution in [3.63, 3.8) is 0 Å². The molecular weight excluding hydrogens is 558 g/mol. The van der Waals surface area contributed by atoms with Gasteiger partial charge in [-0.15, -0.1) is 0 Å². The van der Waals surface area contributed by atoms with Crippen LogP contribution in [0.5, 0.6) is 0 Å². The van der Waals surface area contributed by atoms with Crippen molar-refractivity contribution in [3.05, 3.63) is 59.7 Å². The number of allylic oxidation sites excluding steroid dienone is 3. The van der Waals surface area contributed by atoms with E-state index in [1.807, 2.05) is 30.3 Å². The third-order valence-corrected chi connectivity index (χ3v) is 13.3. The van der Waals surface area contributed by atoms with Gasteiger partial charge in [0.1, 0.15) is 6.04 Å². The topological polar surface area (TPSA) is 75.6 Å². The highest BCUT2D eigenvalue weighted by Crippen LogP contribution is 2.74. The van der Waals surface area contributed by atoms with E-state index >= 15 is 0 Å². The number of hydrogen-bond acceptors (Lipinski definition) is 4. The molecule has 0 spiro atoms. The Kier molecular flexibility index (Phi) is 10.8. The van der Waals surface area contributed by atoms with E-state index < -0.39 is 17.6 Å². The molecule has 0 heterocycles. The van der Waals surface area contributed by atoms with E-state index in [-0.39, 0.29) is 22.2 Å². The summed E-state index contributed by atoms with van der Waals surface area (Å²) in [5, 5.41) is 14.8. The van der Waals surface area contributed by atoms with Crippen molar-refractivity contribution in [3.8, 4) is 0 Å². The van der Waals surface area contributed by atoms with E-state index in [1.165, 1.54) is 18.3 Å². The minimum Gasteiger partial charge on any atom is -0.467 e. The van der Waals surface area contributed by atoms with Gasteiger partial charge in [-0.05, 0) is 131 Å². The smallest absolute Gasteiger partial charge is 0.328 e. The molecule has 0 saturated heterocycles. The van der Waals surface area contributed by atoms with Gasteiger partial charge in [0.15, 0.2) is 0 Å². The quantitative estimate of drug-likeness (QED) is 0.181. The summed E-state index contributed by atoms with van der Waals surface area (Å²) in [6.07, 6.45) is 12.3. The van der Waals surface area contributed by atoms with Gasteiger partial charge < -0.3 is 15.2 Å². The highest BCUT2D eigenvalue weighted by atomic mass is 16.5. The lowest BCUT2D eigenvalue weighted by Gasteiger charge is -2.66. The molecule has 0 unspecified atom stereocenters. The summed E-state index contributed by atoms with van der Waals surface area (Å²) in [7, 11) is 1.38. The van der Waals surface area contributed by atoms with E-state index in [2.05, 4.69) is 66.4 Å². The number of rotatable bonds is 12. The molecule has 45 heavy (non-hydrogen) atoms. The lowest BCUT2D eigenvalue weighted by Crippen LogP contribution is -2.60. The van der Waals surface area contributed by atoms with Gasteiger partial charge in [-0.3, -0.25) is 4.79 Å². The second-order valence-electron chi connectivity index (χ2n) is 16.2. The maximum atomic E-state index is 13.5. The van der Waals surface area contributed by atoms with Crippen LogP contribution in [0.3, 0.4) is 0 Å². The first kappa shape index (κ1) is 35.5. The summed E-state index contributed by atoms with van der Waals surface area (Å²) in [5.74, 6) is 1.14. The van der Waals surface area contributed by atoms with E-state index in [9.17, 15) is 14.7 Å². The van der Waals surface area contributed by atoms with E-state index in [1.54, 1.807) is 0 Å². The Balaban J connectivity index is 1.53. The molecule has 3 aliphatic rings. The molecule has 3 saturated carbocycles. The van der Waals surface area contributed by atoms with Crippen LogP contribution in [0.1, 0.15) is 118 Å². The second kappa shape index (κ2) is 13.8. The van der Waals surface area contributed by atoms with Gasteiger partial charge in [0, 0.05) is 12.8 Å². The average molecular weight is 620 g/mol. The third kappa shape index (κ3) is 6.99. The number of carbonyl (C=O) groups is 2. The first-order valence-corrected chi connectivity index (χ1v) is 17.5. The normalized spacial score (nSPS) is 34.4. The van der Waals surface area contributed by atoms with Crippen molar-refractivity contribution in [2.45, 2.75) is 131 Å². The Morgan fingerprint density at radius 2 is 1.73 bits per heavy atom. The van der Waals surface area contributed by atoms with Gasteiger partial charge in [0.25, 0.3) is 0 Å². The fourth-order valence-electron chi connectivity index (χ4n) is 10.7. The van der Waals surface area contributed by atoms with Gasteiger partial charge in [0.2, 0.25) is 5.91 Å². The first-order chi connectivity index (χ1) is 21.1. The fraction of sp³-hybridized carbons (Fsp3) is 0.700. The lowest BCUT2D eigenvalue weighted by molar-refractivity contribution is -0.178. The van der Waals surface area contributed by atoms with Crippen molar-refractivity contribution in [2.24, 2.45) is 39.9 Å². The van der Waals surface area contributed by atoms with Crippen LogP contribution >= 0.6 is 0 Å². The summed E-state index contributed by atoms with van der Waals surface area (Å²) in [6.45, 7) is 20.5. The van der Waals surface area contributed by atoms with E-state index in [0.29, 0.717) is 36.5 Å². The van der Waals surface area contributed by atoms with Crippen LogP contribution < -0.4 is 5.32 Å². The van der Waals surface area contributed by atoms with Gasteiger partial charge in [-0.25, -0.2) is 4.79 Å². The molecule has 1 amide bonds. The molecule has 3 fully saturated rings. The summed E-state index contributed by atoms with van der Waals surface area (Å²) < 4.78 is 5.06. The number of esters is 1. The summed E-state index contributed by atoms with van der Waals surface area (Å²) in [5.41, 5.74) is 3.06. The molecule has 3 aliphatic carbocycles. The van der Waals surface area contributed by atoms with Crippen LogP contribution in [-0.4, -0.2) is 35.7 Å². The molecule has 0 bridgehead atoms. The Bertz CT molecular complexity index is 1250. The van der Waals surface area contributed by atoms with Crippen LogP contribution in [0, 0.1) is 39.9 Å². The summed E-state index contributed by atoms with van der Waals surface area (Å²) in [4.78, 5) is 26.2. The highest BCUT2D eigenvalue weighted by molar-refractivity contribution is 5.84. The first-order valence-electron chi connectivity index (χ1n) is 17.5. The van der Waals surface area contributed by atoms with Crippen LogP contribution in [-0.2, 0) is 20.7 Å². The standard InChI is InChI=1S/C40H61NO4/c1-27(2)14-13-22-40(8,44)32-20-24-38(6)31(32)17-18-34-37(5,30(28(3)4)19-25-39(34,38)7)23-21-35(42)41-33(36(43)45-9)26-29-15-11-10-12-16-29/h10-12,14-16,30-34,44H,3,13,17-26H2,1-2,4-9H3,(H,41,42)/t30-,31+,32-,33-,34+,37-,38+,39+,40-/m0/s1. The number of amides is 1. The number of ether oxygens (including phenoxy) is 1. The zero-order valence-electron chi connectivity index (χ0n) is 29.5. The monoisotopic (exact) mass is 619 g/mol. The maximum Gasteiger partial charge on any atom is 0.328 e. The number of fused-ring (bicyclic) bond motifs is 3. The molecule has 250 valence electrons.